The Morgan fingerprint density at radius 2 is 1.91 bits per heavy atom. The zero-order valence-corrected chi connectivity index (χ0v) is 15.5. The van der Waals surface area contributed by atoms with Crippen molar-refractivity contribution in [2.24, 2.45) is 0 Å². The zero-order chi connectivity index (χ0) is 16.2. The molecule has 3 aromatic rings. The summed E-state index contributed by atoms with van der Waals surface area (Å²) >= 11 is 5.04. The summed E-state index contributed by atoms with van der Waals surface area (Å²) < 4.78 is 8.46. The second kappa shape index (κ2) is 7.36. The third kappa shape index (κ3) is 3.87. The molecular weight excluding hydrogens is 374 g/mol. The molecule has 6 heteroatoms. The van der Waals surface area contributed by atoms with Gasteiger partial charge >= 0.3 is 0 Å². The van der Waals surface area contributed by atoms with E-state index in [2.05, 4.69) is 68.8 Å². The van der Waals surface area contributed by atoms with Gasteiger partial charge in [-0.15, -0.1) is 10.2 Å². The van der Waals surface area contributed by atoms with E-state index in [9.17, 15) is 0 Å². The molecular formula is C17H18BrN3OS. The second-order valence-electron chi connectivity index (χ2n) is 5.34. The smallest absolute Gasteiger partial charge is 0.200 e. The predicted molar refractivity (Wildman–Crippen MR) is 96.5 cm³/mol. The number of rotatable bonds is 6. The lowest BCUT2D eigenvalue weighted by Crippen LogP contribution is -2.01. The first-order valence-electron chi connectivity index (χ1n) is 7.54. The fraction of sp³-hybridized carbons (Fsp3) is 0.294. The molecule has 2 aromatic heterocycles. The minimum Gasteiger partial charge on any atom is -0.446 e. The van der Waals surface area contributed by atoms with Gasteiger partial charge in [-0.2, -0.15) is 0 Å². The lowest BCUT2D eigenvalue weighted by atomic mass is 10.2. The third-order valence-corrected chi connectivity index (χ3v) is 4.91. The van der Waals surface area contributed by atoms with Gasteiger partial charge in [0, 0.05) is 12.3 Å². The first kappa shape index (κ1) is 16.3. The fourth-order valence-corrected chi connectivity index (χ4v) is 3.50. The van der Waals surface area contributed by atoms with E-state index in [1.807, 2.05) is 12.1 Å². The zero-order valence-electron chi connectivity index (χ0n) is 13.1. The number of aromatic nitrogens is 3. The molecule has 0 aliphatic heterocycles. The standard InChI is InChI=1S/C17H18BrN3OS/c1-3-10-21-16(14-8-9-15(18)22-14)19-20-17(21)23-11-13-6-4-12(2)5-7-13/h4-9H,3,10-11H2,1-2H3. The highest BCUT2D eigenvalue weighted by atomic mass is 79.9. The van der Waals surface area contributed by atoms with E-state index in [-0.39, 0.29) is 0 Å². The van der Waals surface area contributed by atoms with E-state index < -0.39 is 0 Å². The quantitative estimate of drug-likeness (QED) is 0.533. The molecule has 0 aliphatic rings. The van der Waals surface area contributed by atoms with Gasteiger partial charge in [0.1, 0.15) is 0 Å². The molecule has 4 nitrogen and oxygen atoms in total. The van der Waals surface area contributed by atoms with Crippen LogP contribution in [0.4, 0.5) is 0 Å². The second-order valence-corrected chi connectivity index (χ2v) is 7.06. The van der Waals surface area contributed by atoms with Gasteiger partial charge in [0.15, 0.2) is 15.6 Å². The van der Waals surface area contributed by atoms with Crippen LogP contribution in [-0.2, 0) is 12.3 Å². The Kier molecular flexibility index (Phi) is 5.23. The number of benzene rings is 1. The Hall–Kier alpha value is -1.53. The van der Waals surface area contributed by atoms with Crippen LogP contribution in [0, 0.1) is 6.92 Å². The fourth-order valence-electron chi connectivity index (χ4n) is 2.27. The molecule has 0 spiro atoms. The maximum absolute atomic E-state index is 5.63. The van der Waals surface area contributed by atoms with Crippen molar-refractivity contribution in [2.75, 3.05) is 0 Å². The molecule has 0 saturated heterocycles. The molecule has 0 saturated carbocycles. The number of furan rings is 1. The van der Waals surface area contributed by atoms with E-state index in [1.165, 1.54) is 11.1 Å². The largest absolute Gasteiger partial charge is 0.446 e. The number of halogens is 1. The van der Waals surface area contributed by atoms with Gasteiger partial charge in [-0.25, -0.2) is 0 Å². The number of hydrogen-bond acceptors (Lipinski definition) is 4. The van der Waals surface area contributed by atoms with Gasteiger partial charge in [-0.1, -0.05) is 48.5 Å². The number of hydrogen-bond donors (Lipinski definition) is 0. The molecule has 0 unspecified atom stereocenters. The van der Waals surface area contributed by atoms with E-state index in [4.69, 9.17) is 4.42 Å². The molecule has 0 amide bonds. The Morgan fingerprint density at radius 1 is 1.13 bits per heavy atom. The summed E-state index contributed by atoms with van der Waals surface area (Å²) in [5, 5.41) is 9.60. The van der Waals surface area contributed by atoms with Crippen molar-refractivity contribution in [2.45, 2.75) is 37.7 Å². The highest BCUT2D eigenvalue weighted by molar-refractivity contribution is 9.10. The van der Waals surface area contributed by atoms with E-state index in [0.29, 0.717) is 4.67 Å². The summed E-state index contributed by atoms with van der Waals surface area (Å²) in [6.07, 6.45) is 1.02. The van der Waals surface area contributed by atoms with Crippen LogP contribution in [0.15, 0.2) is 50.6 Å². The summed E-state index contributed by atoms with van der Waals surface area (Å²) in [5.41, 5.74) is 2.56. The van der Waals surface area contributed by atoms with Crippen LogP contribution in [0.3, 0.4) is 0 Å². The minimum absolute atomic E-state index is 0.701. The minimum atomic E-state index is 0.701. The van der Waals surface area contributed by atoms with Gasteiger partial charge in [0.05, 0.1) is 0 Å². The number of aryl methyl sites for hydroxylation is 1. The van der Waals surface area contributed by atoms with Crippen molar-refractivity contribution in [1.29, 1.82) is 0 Å². The molecule has 0 atom stereocenters. The number of nitrogens with zero attached hydrogens (tertiary/aromatic N) is 3. The Bertz CT molecular complexity index is 779. The molecule has 23 heavy (non-hydrogen) atoms. The first-order chi connectivity index (χ1) is 11.2. The van der Waals surface area contributed by atoms with Crippen LogP contribution in [-0.4, -0.2) is 14.8 Å². The van der Waals surface area contributed by atoms with Crippen molar-refractivity contribution in [3.05, 3.63) is 52.2 Å². The average Bonchev–Trinajstić information content (AvgIpc) is 3.14. The maximum Gasteiger partial charge on any atom is 0.200 e. The molecule has 2 heterocycles. The molecule has 0 radical (unpaired) electrons. The van der Waals surface area contributed by atoms with Crippen molar-refractivity contribution in [3.8, 4) is 11.6 Å². The van der Waals surface area contributed by atoms with E-state index in [0.717, 1.165) is 35.5 Å². The summed E-state index contributed by atoms with van der Waals surface area (Å²) in [4.78, 5) is 0. The van der Waals surface area contributed by atoms with E-state index in [1.54, 1.807) is 11.8 Å². The van der Waals surface area contributed by atoms with Gasteiger partial charge in [-0.05, 0) is 47.0 Å². The van der Waals surface area contributed by atoms with Gasteiger partial charge in [0.25, 0.3) is 0 Å². The SMILES string of the molecule is CCCn1c(SCc2ccc(C)cc2)nnc1-c1ccc(Br)o1. The lowest BCUT2D eigenvalue weighted by molar-refractivity contribution is 0.539. The van der Waals surface area contributed by atoms with Crippen molar-refractivity contribution >= 4 is 27.7 Å². The maximum atomic E-state index is 5.63. The van der Waals surface area contributed by atoms with Crippen LogP contribution in [0.5, 0.6) is 0 Å². The van der Waals surface area contributed by atoms with Crippen molar-refractivity contribution < 1.29 is 4.42 Å². The molecule has 1 aromatic carbocycles. The van der Waals surface area contributed by atoms with Gasteiger partial charge in [-0.3, -0.25) is 4.57 Å². The Balaban J connectivity index is 1.81. The average molecular weight is 392 g/mol. The lowest BCUT2D eigenvalue weighted by Gasteiger charge is -2.07. The molecule has 0 N–H and O–H groups in total. The highest BCUT2D eigenvalue weighted by Crippen LogP contribution is 2.29. The molecule has 0 aliphatic carbocycles. The summed E-state index contributed by atoms with van der Waals surface area (Å²) in [7, 11) is 0. The van der Waals surface area contributed by atoms with Crippen LogP contribution in [0.25, 0.3) is 11.6 Å². The van der Waals surface area contributed by atoms with Crippen LogP contribution >= 0.6 is 27.7 Å². The number of thioether (sulfide) groups is 1. The Labute approximate surface area is 148 Å². The Morgan fingerprint density at radius 3 is 2.57 bits per heavy atom. The topological polar surface area (TPSA) is 43.9 Å². The normalized spacial score (nSPS) is 11.1. The highest BCUT2D eigenvalue weighted by Gasteiger charge is 2.16. The first-order valence-corrected chi connectivity index (χ1v) is 9.32. The molecule has 3 rings (SSSR count). The molecule has 0 bridgehead atoms. The molecule has 0 fully saturated rings. The van der Waals surface area contributed by atoms with Crippen LogP contribution in [0.1, 0.15) is 24.5 Å². The monoisotopic (exact) mass is 391 g/mol. The summed E-state index contributed by atoms with van der Waals surface area (Å²) in [6, 6.07) is 12.4. The van der Waals surface area contributed by atoms with Crippen molar-refractivity contribution in [1.82, 2.24) is 14.8 Å². The summed E-state index contributed by atoms with van der Waals surface area (Å²) in [5.74, 6) is 2.40. The predicted octanol–water partition coefficient (Wildman–Crippen LogP) is 5.31. The molecule has 120 valence electrons. The van der Waals surface area contributed by atoms with Crippen molar-refractivity contribution in [3.63, 3.8) is 0 Å². The van der Waals surface area contributed by atoms with Crippen LogP contribution < -0.4 is 0 Å². The summed E-state index contributed by atoms with van der Waals surface area (Å²) in [6.45, 7) is 5.12. The van der Waals surface area contributed by atoms with Crippen LogP contribution in [0.2, 0.25) is 0 Å². The van der Waals surface area contributed by atoms with Gasteiger partial charge in [0.2, 0.25) is 5.82 Å². The van der Waals surface area contributed by atoms with E-state index >= 15 is 0 Å². The van der Waals surface area contributed by atoms with Gasteiger partial charge < -0.3 is 4.42 Å². The third-order valence-electron chi connectivity index (χ3n) is 3.45.